The molecule has 1 heterocycles. The molecule has 0 unspecified atom stereocenters. The van der Waals surface area contributed by atoms with Gasteiger partial charge in [-0.05, 0) is 17.7 Å². The Labute approximate surface area is 103 Å². The number of aliphatic hydroxyl groups is 1. The van der Waals surface area contributed by atoms with Gasteiger partial charge in [-0.2, -0.15) is 5.10 Å². The van der Waals surface area contributed by atoms with Crippen molar-refractivity contribution in [2.75, 3.05) is 0 Å². The molecule has 0 aliphatic carbocycles. The third kappa shape index (κ3) is 2.38. The minimum absolute atomic E-state index is 0.103. The molecule has 0 amide bonds. The van der Waals surface area contributed by atoms with Crippen LogP contribution in [0.5, 0.6) is 0 Å². The van der Waals surface area contributed by atoms with Gasteiger partial charge in [0.2, 0.25) is 0 Å². The van der Waals surface area contributed by atoms with E-state index in [0.29, 0.717) is 22.3 Å². The molecule has 3 nitrogen and oxygen atoms in total. The Kier molecular flexibility index (Phi) is 3.49. The van der Waals surface area contributed by atoms with E-state index in [1.54, 1.807) is 10.9 Å². The number of aliphatic hydroxyl groups excluding tert-OH is 1. The van der Waals surface area contributed by atoms with Crippen molar-refractivity contribution in [1.82, 2.24) is 9.78 Å². The normalized spacial score (nSPS) is 10.7. The van der Waals surface area contributed by atoms with Crippen LogP contribution in [0.3, 0.4) is 0 Å². The molecule has 1 N–H and O–H groups in total. The van der Waals surface area contributed by atoms with E-state index < -0.39 is 0 Å². The largest absolute Gasteiger partial charge is 0.392 e. The van der Waals surface area contributed by atoms with Gasteiger partial charge in [0.05, 0.1) is 19.3 Å². The van der Waals surface area contributed by atoms with Crippen LogP contribution in [-0.2, 0) is 13.2 Å². The van der Waals surface area contributed by atoms with Gasteiger partial charge in [0.1, 0.15) is 5.15 Å². The third-order valence-electron chi connectivity index (χ3n) is 2.24. The maximum atomic E-state index is 8.98. The zero-order valence-electron chi connectivity index (χ0n) is 8.40. The van der Waals surface area contributed by atoms with Crippen LogP contribution in [0.1, 0.15) is 11.1 Å². The Morgan fingerprint density at radius 3 is 2.75 bits per heavy atom. The predicted octanol–water partition coefficient (Wildman–Crippen LogP) is 2.73. The highest BCUT2D eigenvalue weighted by Gasteiger charge is 2.07. The summed E-state index contributed by atoms with van der Waals surface area (Å²) in [6.45, 7) is 0.438. The van der Waals surface area contributed by atoms with Crippen LogP contribution in [-0.4, -0.2) is 14.9 Å². The van der Waals surface area contributed by atoms with E-state index in [0.717, 1.165) is 5.56 Å². The first-order valence-corrected chi connectivity index (χ1v) is 5.52. The van der Waals surface area contributed by atoms with E-state index in [1.165, 1.54) is 0 Å². The molecule has 2 aromatic rings. The van der Waals surface area contributed by atoms with Crippen molar-refractivity contribution in [3.63, 3.8) is 0 Å². The van der Waals surface area contributed by atoms with E-state index in [9.17, 15) is 0 Å². The molecule has 0 saturated carbocycles. The van der Waals surface area contributed by atoms with Crippen LogP contribution >= 0.6 is 23.2 Å². The average molecular weight is 257 g/mol. The second-order valence-corrected chi connectivity index (χ2v) is 4.20. The maximum Gasteiger partial charge on any atom is 0.132 e. The van der Waals surface area contributed by atoms with Gasteiger partial charge in [0, 0.05) is 10.6 Å². The Bertz CT molecular complexity index is 496. The van der Waals surface area contributed by atoms with Crippen molar-refractivity contribution in [1.29, 1.82) is 0 Å². The van der Waals surface area contributed by atoms with Crippen molar-refractivity contribution in [3.05, 3.63) is 51.8 Å². The van der Waals surface area contributed by atoms with Gasteiger partial charge < -0.3 is 5.11 Å². The summed E-state index contributed by atoms with van der Waals surface area (Å²) < 4.78 is 1.62. The van der Waals surface area contributed by atoms with E-state index in [1.807, 2.05) is 24.3 Å². The monoisotopic (exact) mass is 256 g/mol. The zero-order valence-corrected chi connectivity index (χ0v) is 9.91. The third-order valence-corrected chi connectivity index (χ3v) is 2.91. The van der Waals surface area contributed by atoms with Crippen molar-refractivity contribution in [2.24, 2.45) is 0 Å². The van der Waals surface area contributed by atoms with Crippen LogP contribution < -0.4 is 0 Å². The predicted molar refractivity (Wildman–Crippen MR) is 63.7 cm³/mol. The summed E-state index contributed by atoms with van der Waals surface area (Å²) in [5.74, 6) is 0. The number of aromatic nitrogens is 2. The minimum atomic E-state index is -0.103. The van der Waals surface area contributed by atoms with Gasteiger partial charge in [-0.25, -0.2) is 4.68 Å². The van der Waals surface area contributed by atoms with E-state index >= 15 is 0 Å². The molecule has 16 heavy (non-hydrogen) atoms. The summed E-state index contributed by atoms with van der Waals surface area (Å²) in [5.41, 5.74) is 1.64. The molecule has 5 heteroatoms. The van der Waals surface area contributed by atoms with Gasteiger partial charge in [-0.15, -0.1) is 0 Å². The van der Waals surface area contributed by atoms with Crippen molar-refractivity contribution < 1.29 is 5.11 Å². The molecule has 0 bridgehead atoms. The molecule has 2 rings (SSSR count). The van der Waals surface area contributed by atoms with Gasteiger partial charge in [-0.1, -0.05) is 35.3 Å². The summed E-state index contributed by atoms with van der Waals surface area (Å²) in [7, 11) is 0. The lowest BCUT2D eigenvalue weighted by molar-refractivity contribution is 0.282. The molecular formula is C11H10Cl2N2O. The molecular weight excluding hydrogens is 247 g/mol. The second-order valence-electron chi connectivity index (χ2n) is 3.41. The fourth-order valence-corrected chi connectivity index (χ4v) is 1.86. The lowest BCUT2D eigenvalue weighted by atomic mass is 10.2. The molecule has 1 aromatic carbocycles. The van der Waals surface area contributed by atoms with Gasteiger partial charge in [0.25, 0.3) is 0 Å². The molecule has 1 aromatic heterocycles. The van der Waals surface area contributed by atoms with Crippen LogP contribution in [0, 0.1) is 0 Å². The highest BCUT2D eigenvalue weighted by molar-refractivity contribution is 6.30. The Hall–Kier alpha value is -1.03. The Balaban J connectivity index is 2.24. The van der Waals surface area contributed by atoms with E-state index in [4.69, 9.17) is 28.3 Å². The van der Waals surface area contributed by atoms with Crippen molar-refractivity contribution in [2.45, 2.75) is 13.2 Å². The smallest absolute Gasteiger partial charge is 0.132 e. The Morgan fingerprint density at radius 2 is 2.12 bits per heavy atom. The summed E-state index contributed by atoms with van der Waals surface area (Å²) in [5, 5.41) is 14.2. The summed E-state index contributed by atoms with van der Waals surface area (Å²) in [6.07, 6.45) is 1.56. The average Bonchev–Trinajstić information content (AvgIpc) is 2.60. The zero-order chi connectivity index (χ0) is 11.5. The van der Waals surface area contributed by atoms with E-state index in [2.05, 4.69) is 5.10 Å². The lowest BCUT2D eigenvalue weighted by Gasteiger charge is -2.04. The quantitative estimate of drug-likeness (QED) is 0.918. The van der Waals surface area contributed by atoms with Crippen LogP contribution in [0.4, 0.5) is 0 Å². The molecule has 0 spiro atoms. The van der Waals surface area contributed by atoms with Crippen LogP contribution in [0.2, 0.25) is 10.2 Å². The van der Waals surface area contributed by atoms with Gasteiger partial charge in [-0.3, -0.25) is 0 Å². The number of hydrogen-bond donors (Lipinski definition) is 1. The summed E-state index contributed by atoms with van der Waals surface area (Å²) in [6, 6.07) is 7.50. The number of benzene rings is 1. The topological polar surface area (TPSA) is 38.1 Å². The first kappa shape index (κ1) is 11.5. The maximum absolute atomic E-state index is 8.98. The molecule has 0 aliphatic rings. The number of halogens is 2. The van der Waals surface area contributed by atoms with Gasteiger partial charge >= 0.3 is 0 Å². The van der Waals surface area contributed by atoms with Crippen LogP contribution in [0.15, 0.2) is 30.5 Å². The van der Waals surface area contributed by atoms with Crippen molar-refractivity contribution >= 4 is 23.2 Å². The summed E-state index contributed by atoms with van der Waals surface area (Å²) >= 11 is 11.9. The minimum Gasteiger partial charge on any atom is -0.392 e. The first-order chi connectivity index (χ1) is 7.70. The highest BCUT2D eigenvalue weighted by Crippen LogP contribution is 2.18. The highest BCUT2D eigenvalue weighted by atomic mass is 35.5. The summed E-state index contributed by atoms with van der Waals surface area (Å²) in [4.78, 5) is 0. The molecule has 0 radical (unpaired) electrons. The standard InChI is InChI=1S/C11H10Cl2N2O/c12-10-3-1-2-8(4-10)6-15-11(13)9(7-16)5-14-15/h1-5,16H,6-7H2. The number of rotatable bonds is 3. The van der Waals surface area contributed by atoms with Crippen molar-refractivity contribution in [3.8, 4) is 0 Å². The fourth-order valence-electron chi connectivity index (χ4n) is 1.43. The fraction of sp³-hybridized carbons (Fsp3) is 0.182. The Morgan fingerprint density at radius 1 is 1.31 bits per heavy atom. The molecule has 0 aliphatic heterocycles. The second kappa shape index (κ2) is 4.87. The van der Waals surface area contributed by atoms with E-state index in [-0.39, 0.29) is 6.61 Å². The lowest BCUT2D eigenvalue weighted by Crippen LogP contribution is -2.01. The number of nitrogens with zero attached hydrogens (tertiary/aromatic N) is 2. The number of hydrogen-bond acceptors (Lipinski definition) is 2. The van der Waals surface area contributed by atoms with Crippen LogP contribution in [0.25, 0.3) is 0 Å². The molecule has 0 saturated heterocycles. The SMILES string of the molecule is OCc1cnn(Cc2cccc(Cl)c2)c1Cl. The molecule has 84 valence electrons. The first-order valence-electron chi connectivity index (χ1n) is 4.76. The van der Waals surface area contributed by atoms with Gasteiger partial charge in [0.15, 0.2) is 0 Å². The molecule has 0 atom stereocenters. The molecule has 0 fully saturated rings.